The van der Waals surface area contributed by atoms with E-state index in [1.807, 2.05) is 0 Å². The van der Waals surface area contributed by atoms with Crippen molar-refractivity contribution >= 4 is 11.9 Å². The van der Waals surface area contributed by atoms with Crippen molar-refractivity contribution in [3.63, 3.8) is 0 Å². The van der Waals surface area contributed by atoms with Crippen LogP contribution in [0.25, 0.3) is 0 Å². The van der Waals surface area contributed by atoms with Gasteiger partial charge in [-0.25, -0.2) is 0 Å². The highest BCUT2D eigenvalue weighted by molar-refractivity contribution is 5.76. The van der Waals surface area contributed by atoms with Gasteiger partial charge in [0.05, 0.1) is 6.61 Å². The van der Waals surface area contributed by atoms with Crippen LogP contribution in [0.3, 0.4) is 0 Å². The van der Waals surface area contributed by atoms with Gasteiger partial charge in [0.1, 0.15) is 5.75 Å². The van der Waals surface area contributed by atoms with Crippen molar-refractivity contribution in [1.29, 1.82) is 0 Å². The van der Waals surface area contributed by atoms with Crippen LogP contribution in [0.1, 0.15) is 125 Å². The molecule has 0 saturated heterocycles. The first kappa shape index (κ1) is 31.0. The van der Waals surface area contributed by atoms with E-state index in [4.69, 9.17) is 14.2 Å². The molecule has 0 spiro atoms. The van der Waals surface area contributed by atoms with Gasteiger partial charge in [-0.15, -0.1) is 0 Å². The molecule has 0 saturated carbocycles. The van der Waals surface area contributed by atoms with Crippen LogP contribution in [-0.4, -0.2) is 18.5 Å². The molecule has 0 aromatic heterocycles. The molecule has 1 rings (SSSR count). The standard InChI is InChI=1S/C30H50O5/c1-6-7-8-9-10-11-12-13-22-33-26-20-21-27(34-29(31)18-14-16-24(2)3)28(23-26)35-30(32)19-15-17-25(4)5/h20-21,23-25H,6-19,22H2,1-5H3. The normalized spacial score (nSPS) is 11.2. The summed E-state index contributed by atoms with van der Waals surface area (Å²) in [5, 5.41) is 0. The molecule has 5 heteroatoms. The third-order valence-corrected chi connectivity index (χ3v) is 5.95. The first-order valence-corrected chi connectivity index (χ1v) is 14.0. The van der Waals surface area contributed by atoms with E-state index in [9.17, 15) is 9.59 Å². The summed E-state index contributed by atoms with van der Waals surface area (Å²) < 4.78 is 17.1. The fraction of sp³-hybridized carbons (Fsp3) is 0.733. The molecule has 5 nitrogen and oxygen atoms in total. The van der Waals surface area contributed by atoms with Gasteiger partial charge < -0.3 is 14.2 Å². The largest absolute Gasteiger partial charge is 0.493 e. The van der Waals surface area contributed by atoms with Gasteiger partial charge in [-0.3, -0.25) is 9.59 Å². The SMILES string of the molecule is CCCCCCCCCCOc1ccc(OC(=O)CCCC(C)C)c(OC(=O)CCCC(C)C)c1. The molecular formula is C30H50O5. The van der Waals surface area contributed by atoms with Crippen molar-refractivity contribution in [2.75, 3.05) is 6.61 Å². The zero-order valence-electron chi connectivity index (χ0n) is 23.0. The number of benzene rings is 1. The molecule has 0 aliphatic heterocycles. The molecule has 0 radical (unpaired) electrons. The van der Waals surface area contributed by atoms with E-state index >= 15 is 0 Å². The molecule has 0 bridgehead atoms. The Bertz CT molecular complexity index is 711. The van der Waals surface area contributed by atoms with Gasteiger partial charge in [-0.2, -0.15) is 0 Å². The third kappa shape index (κ3) is 16.3. The minimum atomic E-state index is -0.317. The Morgan fingerprint density at radius 2 is 1.20 bits per heavy atom. The summed E-state index contributed by atoms with van der Waals surface area (Å²) in [6.07, 6.45) is 14.1. The Morgan fingerprint density at radius 3 is 1.74 bits per heavy atom. The first-order valence-electron chi connectivity index (χ1n) is 14.0. The molecule has 1 aromatic rings. The van der Waals surface area contributed by atoms with Gasteiger partial charge in [0.2, 0.25) is 0 Å². The maximum atomic E-state index is 12.4. The van der Waals surface area contributed by atoms with E-state index in [2.05, 4.69) is 34.6 Å². The van der Waals surface area contributed by atoms with E-state index in [1.54, 1.807) is 18.2 Å². The van der Waals surface area contributed by atoms with Crippen LogP contribution in [0.4, 0.5) is 0 Å². The monoisotopic (exact) mass is 490 g/mol. The summed E-state index contributed by atoms with van der Waals surface area (Å²) in [6, 6.07) is 5.11. The molecule has 35 heavy (non-hydrogen) atoms. The van der Waals surface area contributed by atoms with Crippen LogP contribution >= 0.6 is 0 Å². The molecule has 0 atom stereocenters. The fourth-order valence-electron chi connectivity index (χ4n) is 3.82. The second-order valence-corrected chi connectivity index (χ2v) is 10.5. The van der Waals surface area contributed by atoms with Crippen LogP contribution in [0.2, 0.25) is 0 Å². The number of carbonyl (C=O) groups excluding carboxylic acids is 2. The minimum absolute atomic E-state index is 0.255. The number of esters is 2. The highest BCUT2D eigenvalue weighted by Gasteiger charge is 2.16. The maximum absolute atomic E-state index is 12.4. The van der Waals surface area contributed by atoms with E-state index in [0.717, 1.165) is 38.5 Å². The predicted octanol–water partition coefficient (Wildman–Crippen LogP) is 8.67. The van der Waals surface area contributed by atoms with Crippen molar-refractivity contribution in [3.05, 3.63) is 18.2 Å². The van der Waals surface area contributed by atoms with Crippen molar-refractivity contribution in [2.24, 2.45) is 11.8 Å². The van der Waals surface area contributed by atoms with Crippen LogP contribution < -0.4 is 14.2 Å². The van der Waals surface area contributed by atoms with E-state index < -0.39 is 0 Å². The van der Waals surface area contributed by atoms with Crippen molar-refractivity contribution in [3.8, 4) is 17.2 Å². The van der Waals surface area contributed by atoms with Crippen LogP contribution in [0.15, 0.2) is 18.2 Å². The Morgan fingerprint density at radius 1 is 0.686 bits per heavy atom. The number of carbonyl (C=O) groups is 2. The Labute approximate surface area is 214 Å². The van der Waals surface area contributed by atoms with Crippen LogP contribution in [-0.2, 0) is 9.59 Å². The lowest BCUT2D eigenvalue weighted by molar-refractivity contribution is -0.137. The van der Waals surface area contributed by atoms with E-state index in [0.29, 0.717) is 37.0 Å². The summed E-state index contributed by atoms with van der Waals surface area (Å²) >= 11 is 0. The highest BCUT2D eigenvalue weighted by atomic mass is 16.6. The lowest BCUT2D eigenvalue weighted by Crippen LogP contribution is -2.12. The van der Waals surface area contributed by atoms with Crippen molar-refractivity contribution in [2.45, 2.75) is 125 Å². The number of hydrogen-bond acceptors (Lipinski definition) is 5. The number of ether oxygens (including phenoxy) is 3. The lowest BCUT2D eigenvalue weighted by atomic mass is 10.1. The topological polar surface area (TPSA) is 61.8 Å². The number of unbranched alkanes of at least 4 members (excludes halogenated alkanes) is 7. The van der Waals surface area contributed by atoms with Gasteiger partial charge in [-0.05, 0) is 43.2 Å². The minimum Gasteiger partial charge on any atom is -0.493 e. The smallest absolute Gasteiger partial charge is 0.311 e. The molecule has 0 aliphatic rings. The van der Waals surface area contributed by atoms with Crippen molar-refractivity contribution in [1.82, 2.24) is 0 Å². The van der Waals surface area contributed by atoms with Gasteiger partial charge >= 0.3 is 11.9 Å². The molecule has 0 N–H and O–H groups in total. The number of rotatable bonds is 20. The zero-order valence-corrected chi connectivity index (χ0v) is 23.0. The summed E-state index contributed by atoms with van der Waals surface area (Å²) in [5.74, 6) is 1.61. The van der Waals surface area contributed by atoms with Gasteiger partial charge in [-0.1, -0.05) is 92.4 Å². The molecule has 1 aromatic carbocycles. The maximum Gasteiger partial charge on any atom is 0.311 e. The van der Waals surface area contributed by atoms with Crippen LogP contribution in [0.5, 0.6) is 17.2 Å². The van der Waals surface area contributed by atoms with E-state index in [1.165, 1.54) is 38.5 Å². The highest BCUT2D eigenvalue weighted by Crippen LogP contribution is 2.33. The molecule has 200 valence electrons. The zero-order chi connectivity index (χ0) is 25.9. The average molecular weight is 491 g/mol. The second kappa shape index (κ2) is 19.2. The molecule has 0 heterocycles. The van der Waals surface area contributed by atoms with E-state index in [-0.39, 0.29) is 23.4 Å². The predicted molar refractivity (Wildman–Crippen MR) is 143 cm³/mol. The van der Waals surface area contributed by atoms with Gasteiger partial charge in [0.15, 0.2) is 11.5 Å². The molecule has 0 unspecified atom stereocenters. The quantitative estimate of drug-likeness (QED) is 0.104. The second-order valence-electron chi connectivity index (χ2n) is 10.5. The average Bonchev–Trinajstić information content (AvgIpc) is 2.79. The summed E-state index contributed by atoms with van der Waals surface area (Å²) in [6.45, 7) is 11.4. The number of hydrogen-bond donors (Lipinski definition) is 0. The van der Waals surface area contributed by atoms with Crippen molar-refractivity contribution < 1.29 is 23.8 Å². The molecule has 0 fully saturated rings. The third-order valence-electron chi connectivity index (χ3n) is 5.95. The van der Waals surface area contributed by atoms with Crippen LogP contribution in [0, 0.1) is 11.8 Å². The lowest BCUT2D eigenvalue weighted by Gasteiger charge is -2.13. The summed E-state index contributed by atoms with van der Waals surface area (Å²) in [4.78, 5) is 24.7. The molecule has 0 aliphatic carbocycles. The van der Waals surface area contributed by atoms with Gasteiger partial charge in [0.25, 0.3) is 0 Å². The molecule has 0 amide bonds. The summed E-state index contributed by atoms with van der Waals surface area (Å²) in [7, 11) is 0. The fourth-order valence-corrected chi connectivity index (χ4v) is 3.82. The Kier molecular flexibility index (Phi) is 17.0. The Balaban J connectivity index is 2.63. The molecular weight excluding hydrogens is 440 g/mol. The van der Waals surface area contributed by atoms with Gasteiger partial charge in [0, 0.05) is 18.9 Å². The Hall–Kier alpha value is -2.04. The summed E-state index contributed by atoms with van der Waals surface area (Å²) in [5.41, 5.74) is 0. The first-order chi connectivity index (χ1) is 16.8.